The highest BCUT2D eigenvalue weighted by Crippen LogP contribution is 2.30. The first-order valence-corrected chi connectivity index (χ1v) is 13.1. The molecule has 6 nitrogen and oxygen atoms in total. The van der Waals surface area contributed by atoms with Gasteiger partial charge in [-0.2, -0.15) is 0 Å². The Morgan fingerprint density at radius 2 is 1.51 bits per heavy atom. The number of anilines is 1. The summed E-state index contributed by atoms with van der Waals surface area (Å²) in [5.74, 6) is -0.629. The summed E-state index contributed by atoms with van der Waals surface area (Å²) in [6.45, 7) is 7.45. The molecule has 2 aliphatic rings. The Labute approximate surface area is 222 Å². The van der Waals surface area contributed by atoms with Gasteiger partial charge >= 0.3 is 0 Å². The monoisotopic (exact) mass is 515 g/mol. The number of carbonyl (C=O) groups excluding carboxylic acids is 3. The Balaban J connectivity index is 1.08. The van der Waals surface area contributed by atoms with Gasteiger partial charge in [0.25, 0.3) is 5.91 Å². The van der Waals surface area contributed by atoms with Gasteiger partial charge in [0.2, 0.25) is 0 Å². The lowest BCUT2D eigenvalue weighted by Gasteiger charge is -2.36. The number of halogens is 1. The van der Waals surface area contributed by atoms with Crippen molar-refractivity contribution >= 4 is 34.8 Å². The Bertz CT molecular complexity index is 1360. The van der Waals surface area contributed by atoms with Crippen LogP contribution >= 0.6 is 11.6 Å². The maximum atomic E-state index is 12.9. The second-order valence-corrected chi connectivity index (χ2v) is 10.0. The van der Waals surface area contributed by atoms with Crippen LogP contribution in [0.5, 0.6) is 0 Å². The highest BCUT2D eigenvalue weighted by atomic mass is 35.5. The molecule has 0 unspecified atom stereocenters. The molecule has 0 bridgehead atoms. The molecule has 0 atom stereocenters. The zero-order chi connectivity index (χ0) is 25.9. The van der Waals surface area contributed by atoms with Crippen LogP contribution in [0.15, 0.2) is 60.7 Å². The average molecular weight is 516 g/mol. The molecule has 1 heterocycles. The number of unbranched alkanes of at least 4 members (excludes halogenated alkanes) is 1. The second kappa shape index (κ2) is 10.9. The van der Waals surface area contributed by atoms with Crippen molar-refractivity contribution in [3.63, 3.8) is 0 Å². The summed E-state index contributed by atoms with van der Waals surface area (Å²) in [5, 5.41) is 3.79. The zero-order valence-corrected chi connectivity index (χ0v) is 21.7. The van der Waals surface area contributed by atoms with E-state index >= 15 is 0 Å². The van der Waals surface area contributed by atoms with Crippen molar-refractivity contribution in [2.24, 2.45) is 0 Å². The van der Waals surface area contributed by atoms with Crippen molar-refractivity contribution in [1.82, 2.24) is 10.2 Å². The third-order valence-corrected chi connectivity index (χ3v) is 7.75. The third-order valence-electron chi connectivity index (χ3n) is 7.26. The lowest BCUT2D eigenvalue weighted by molar-refractivity contribution is 0.0950. The van der Waals surface area contributed by atoms with Crippen molar-refractivity contribution < 1.29 is 14.4 Å². The Kier molecular flexibility index (Phi) is 7.40. The number of rotatable bonds is 7. The Morgan fingerprint density at radius 3 is 2.24 bits per heavy atom. The molecule has 0 aromatic heterocycles. The number of carbonyl (C=O) groups is 3. The summed E-state index contributed by atoms with van der Waals surface area (Å²) in [6.07, 6.45) is 1.85. The molecule has 1 aliphatic carbocycles. The SMILES string of the molecule is Cc1cccc(N2CCN(CCCCNC(=O)c3ccc4c(c3)C(=O)c3ccccc3C4=O)CC2)c1Cl. The number of amides is 1. The first-order valence-electron chi connectivity index (χ1n) is 12.8. The molecular formula is C30H30ClN3O3. The van der Waals surface area contributed by atoms with E-state index in [1.807, 2.05) is 13.0 Å². The number of aryl methyl sites for hydroxylation is 1. The number of hydrogen-bond acceptors (Lipinski definition) is 5. The van der Waals surface area contributed by atoms with Gasteiger partial charge in [0.1, 0.15) is 0 Å². The topological polar surface area (TPSA) is 69.7 Å². The maximum absolute atomic E-state index is 12.9. The molecule has 1 saturated heterocycles. The summed E-state index contributed by atoms with van der Waals surface area (Å²) in [5.41, 5.74) is 4.06. The fourth-order valence-electron chi connectivity index (χ4n) is 5.09. The van der Waals surface area contributed by atoms with Crippen LogP contribution in [-0.2, 0) is 0 Å². The van der Waals surface area contributed by atoms with Crippen molar-refractivity contribution in [3.8, 4) is 0 Å². The molecule has 1 fully saturated rings. The van der Waals surface area contributed by atoms with Crippen molar-refractivity contribution in [2.75, 3.05) is 44.2 Å². The number of piperazine rings is 1. The molecule has 0 saturated carbocycles. The quantitative estimate of drug-likeness (QED) is 0.359. The van der Waals surface area contributed by atoms with Crippen LogP contribution in [0, 0.1) is 6.92 Å². The zero-order valence-electron chi connectivity index (χ0n) is 20.9. The van der Waals surface area contributed by atoms with Gasteiger partial charge in [-0.15, -0.1) is 0 Å². The maximum Gasteiger partial charge on any atom is 0.251 e. The molecule has 1 N–H and O–H groups in total. The smallest absolute Gasteiger partial charge is 0.251 e. The van der Waals surface area contributed by atoms with E-state index in [4.69, 9.17) is 11.6 Å². The van der Waals surface area contributed by atoms with E-state index in [9.17, 15) is 14.4 Å². The van der Waals surface area contributed by atoms with Crippen LogP contribution in [0.4, 0.5) is 5.69 Å². The minimum atomic E-state index is -0.231. The number of hydrogen-bond donors (Lipinski definition) is 1. The first kappa shape index (κ1) is 25.2. The molecule has 190 valence electrons. The van der Waals surface area contributed by atoms with Crippen LogP contribution in [0.25, 0.3) is 0 Å². The summed E-state index contributed by atoms with van der Waals surface area (Å²) in [7, 11) is 0. The molecule has 5 rings (SSSR count). The van der Waals surface area contributed by atoms with Crippen LogP contribution in [0.2, 0.25) is 5.02 Å². The van der Waals surface area contributed by atoms with Crippen molar-refractivity contribution in [3.05, 3.63) is 99.1 Å². The standard InChI is InChI=1S/C30H30ClN3O3/c1-20-7-6-10-26(27(20)31)34-17-15-33(16-18-34)14-5-4-13-32-30(37)21-11-12-24-25(19-21)29(36)23-9-3-2-8-22(23)28(24)35/h2-3,6-12,19H,4-5,13-18H2,1H3,(H,32,37). The number of ketones is 2. The molecule has 0 radical (unpaired) electrons. The highest BCUT2D eigenvalue weighted by molar-refractivity contribution is 6.34. The summed E-state index contributed by atoms with van der Waals surface area (Å²) in [6, 6.07) is 17.7. The van der Waals surface area contributed by atoms with E-state index in [0.717, 1.165) is 61.8 Å². The number of nitrogens with zero attached hydrogens (tertiary/aromatic N) is 2. The predicted octanol–water partition coefficient (Wildman–Crippen LogP) is 4.76. The Hall–Kier alpha value is -3.48. The van der Waals surface area contributed by atoms with Gasteiger partial charge in [-0.05, 0) is 56.1 Å². The van der Waals surface area contributed by atoms with E-state index in [-0.39, 0.29) is 17.5 Å². The lowest BCUT2D eigenvalue weighted by Crippen LogP contribution is -2.46. The minimum Gasteiger partial charge on any atom is -0.368 e. The third kappa shape index (κ3) is 5.17. The number of nitrogens with one attached hydrogen (secondary N) is 1. The van der Waals surface area contributed by atoms with E-state index in [2.05, 4.69) is 27.2 Å². The van der Waals surface area contributed by atoms with Crippen molar-refractivity contribution in [1.29, 1.82) is 0 Å². The van der Waals surface area contributed by atoms with Gasteiger partial charge in [0.15, 0.2) is 11.6 Å². The fourth-order valence-corrected chi connectivity index (χ4v) is 5.34. The molecule has 37 heavy (non-hydrogen) atoms. The van der Waals surface area contributed by atoms with E-state index < -0.39 is 0 Å². The number of benzene rings is 3. The van der Waals surface area contributed by atoms with Gasteiger partial charge < -0.3 is 10.2 Å². The van der Waals surface area contributed by atoms with E-state index in [1.54, 1.807) is 42.5 Å². The normalized spacial score (nSPS) is 15.4. The summed E-state index contributed by atoms with van der Waals surface area (Å²) < 4.78 is 0. The van der Waals surface area contributed by atoms with E-state index in [0.29, 0.717) is 34.4 Å². The van der Waals surface area contributed by atoms with Gasteiger partial charge in [0, 0.05) is 60.5 Å². The first-order chi connectivity index (χ1) is 17.9. The average Bonchev–Trinajstić information content (AvgIpc) is 2.93. The van der Waals surface area contributed by atoms with Crippen LogP contribution in [0.1, 0.15) is 60.6 Å². The fraction of sp³-hybridized carbons (Fsp3) is 0.300. The molecule has 3 aromatic carbocycles. The summed E-state index contributed by atoms with van der Waals surface area (Å²) in [4.78, 5) is 43.2. The minimum absolute atomic E-state index is 0.181. The van der Waals surface area contributed by atoms with Crippen LogP contribution < -0.4 is 10.2 Å². The number of fused-ring (bicyclic) bond motifs is 2. The molecule has 0 spiro atoms. The second-order valence-electron chi connectivity index (χ2n) is 9.66. The predicted molar refractivity (Wildman–Crippen MR) is 146 cm³/mol. The molecule has 1 amide bonds. The van der Waals surface area contributed by atoms with Gasteiger partial charge in [-0.1, -0.05) is 48.0 Å². The van der Waals surface area contributed by atoms with Crippen molar-refractivity contribution in [2.45, 2.75) is 19.8 Å². The van der Waals surface area contributed by atoms with Crippen LogP contribution in [0.3, 0.4) is 0 Å². The van der Waals surface area contributed by atoms with Gasteiger partial charge in [-0.25, -0.2) is 0 Å². The molecular weight excluding hydrogens is 486 g/mol. The largest absolute Gasteiger partial charge is 0.368 e. The lowest BCUT2D eigenvalue weighted by atomic mass is 9.83. The van der Waals surface area contributed by atoms with Gasteiger partial charge in [0.05, 0.1) is 10.7 Å². The molecule has 1 aliphatic heterocycles. The van der Waals surface area contributed by atoms with Gasteiger partial charge in [-0.3, -0.25) is 19.3 Å². The molecule has 3 aromatic rings. The Morgan fingerprint density at radius 1 is 0.838 bits per heavy atom. The molecule has 7 heteroatoms. The summed E-state index contributed by atoms with van der Waals surface area (Å²) >= 11 is 6.50. The van der Waals surface area contributed by atoms with E-state index in [1.165, 1.54) is 0 Å². The highest BCUT2D eigenvalue weighted by Gasteiger charge is 2.30. The van der Waals surface area contributed by atoms with Crippen LogP contribution in [-0.4, -0.2) is 61.6 Å².